The molecule has 0 bridgehead atoms. The smallest absolute Gasteiger partial charge is 0.253 e. The Labute approximate surface area is 125 Å². The SMILES string of the molecule is CCCNc1c(F)cccc1C(=O)NCC1CCCCO1. The highest BCUT2D eigenvalue weighted by Crippen LogP contribution is 2.20. The van der Waals surface area contributed by atoms with E-state index in [0.717, 1.165) is 32.3 Å². The zero-order valence-corrected chi connectivity index (χ0v) is 12.5. The predicted molar refractivity (Wildman–Crippen MR) is 81.1 cm³/mol. The van der Waals surface area contributed by atoms with Crippen molar-refractivity contribution < 1.29 is 13.9 Å². The lowest BCUT2D eigenvalue weighted by molar-refractivity contribution is 0.0169. The Balaban J connectivity index is 1.98. The predicted octanol–water partition coefficient (Wildman–Crippen LogP) is 2.95. The van der Waals surface area contributed by atoms with E-state index in [1.165, 1.54) is 6.07 Å². The fourth-order valence-corrected chi connectivity index (χ4v) is 2.41. The summed E-state index contributed by atoms with van der Waals surface area (Å²) in [6, 6.07) is 4.55. The molecule has 1 aliphatic rings. The van der Waals surface area contributed by atoms with Crippen LogP contribution < -0.4 is 10.6 Å². The number of ether oxygens (including phenoxy) is 1. The molecule has 4 nitrogen and oxygen atoms in total. The molecule has 0 aromatic heterocycles. The average Bonchev–Trinajstić information content (AvgIpc) is 2.52. The average molecular weight is 294 g/mol. The quantitative estimate of drug-likeness (QED) is 0.848. The fraction of sp³-hybridized carbons (Fsp3) is 0.562. The molecule has 2 rings (SSSR count). The number of hydrogen-bond acceptors (Lipinski definition) is 3. The lowest BCUT2D eigenvalue weighted by Crippen LogP contribution is -2.35. The van der Waals surface area contributed by atoms with Gasteiger partial charge in [-0.1, -0.05) is 13.0 Å². The summed E-state index contributed by atoms with van der Waals surface area (Å²) in [7, 11) is 0. The number of hydrogen-bond donors (Lipinski definition) is 2. The van der Waals surface area contributed by atoms with Gasteiger partial charge in [0.15, 0.2) is 0 Å². The van der Waals surface area contributed by atoms with E-state index in [1.54, 1.807) is 12.1 Å². The number of rotatable bonds is 6. The maximum Gasteiger partial charge on any atom is 0.253 e. The van der Waals surface area contributed by atoms with Gasteiger partial charge in [-0.2, -0.15) is 0 Å². The topological polar surface area (TPSA) is 50.4 Å². The van der Waals surface area contributed by atoms with Gasteiger partial charge in [-0.3, -0.25) is 4.79 Å². The van der Waals surface area contributed by atoms with Gasteiger partial charge in [0.25, 0.3) is 5.91 Å². The second-order valence-corrected chi connectivity index (χ2v) is 5.29. The second kappa shape index (κ2) is 7.98. The van der Waals surface area contributed by atoms with E-state index in [-0.39, 0.29) is 17.7 Å². The Morgan fingerprint density at radius 2 is 2.29 bits per heavy atom. The highest BCUT2D eigenvalue weighted by atomic mass is 19.1. The Bertz CT molecular complexity index is 473. The Morgan fingerprint density at radius 1 is 1.43 bits per heavy atom. The molecule has 1 aromatic carbocycles. The number of amides is 1. The molecule has 0 aliphatic carbocycles. The monoisotopic (exact) mass is 294 g/mol. The molecule has 1 amide bonds. The van der Waals surface area contributed by atoms with Crippen molar-refractivity contribution in [2.75, 3.05) is 25.0 Å². The van der Waals surface area contributed by atoms with Crippen LogP contribution in [0.5, 0.6) is 0 Å². The van der Waals surface area contributed by atoms with Crippen molar-refractivity contribution in [2.45, 2.75) is 38.7 Å². The molecule has 0 radical (unpaired) electrons. The molecule has 1 atom stereocenters. The number of carbonyl (C=O) groups excluding carboxylic acids is 1. The van der Waals surface area contributed by atoms with E-state index < -0.39 is 5.82 Å². The highest BCUT2D eigenvalue weighted by molar-refractivity contribution is 5.99. The standard InChI is InChI=1S/C16H23FN2O2/c1-2-9-18-15-13(7-5-8-14(15)17)16(20)19-11-12-6-3-4-10-21-12/h5,7-8,12,18H,2-4,6,9-11H2,1H3,(H,19,20). The normalized spacial score (nSPS) is 18.3. The molecule has 1 unspecified atom stereocenters. The lowest BCUT2D eigenvalue weighted by Gasteiger charge is -2.23. The van der Waals surface area contributed by atoms with Crippen molar-refractivity contribution in [3.05, 3.63) is 29.6 Å². The van der Waals surface area contributed by atoms with Gasteiger partial charge in [-0.15, -0.1) is 0 Å². The first-order chi connectivity index (χ1) is 10.2. The Morgan fingerprint density at radius 3 is 3.00 bits per heavy atom. The van der Waals surface area contributed by atoms with Crippen LogP contribution in [0.2, 0.25) is 0 Å². The third-order valence-corrected chi connectivity index (χ3v) is 3.57. The number of carbonyl (C=O) groups is 1. The van der Waals surface area contributed by atoms with Crippen LogP contribution in [0.4, 0.5) is 10.1 Å². The molecule has 1 heterocycles. The van der Waals surface area contributed by atoms with Crippen LogP contribution in [-0.4, -0.2) is 31.7 Å². The molecule has 1 aromatic rings. The van der Waals surface area contributed by atoms with Gasteiger partial charge >= 0.3 is 0 Å². The van der Waals surface area contributed by atoms with E-state index >= 15 is 0 Å². The van der Waals surface area contributed by atoms with Crippen LogP contribution in [0.3, 0.4) is 0 Å². The largest absolute Gasteiger partial charge is 0.382 e. The number of halogens is 1. The van der Waals surface area contributed by atoms with Crippen LogP contribution in [-0.2, 0) is 4.74 Å². The minimum atomic E-state index is -0.398. The lowest BCUT2D eigenvalue weighted by atomic mass is 10.1. The summed E-state index contributed by atoms with van der Waals surface area (Å²) < 4.78 is 19.4. The molecule has 116 valence electrons. The van der Waals surface area contributed by atoms with E-state index in [0.29, 0.717) is 18.7 Å². The van der Waals surface area contributed by atoms with Crippen LogP contribution in [0.1, 0.15) is 43.0 Å². The van der Waals surface area contributed by atoms with Crippen molar-refractivity contribution in [3.63, 3.8) is 0 Å². The molecule has 21 heavy (non-hydrogen) atoms. The second-order valence-electron chi connectivity index (χ2n) is 5.29. The summed E-state index contributed by atoms with van der Waals surface area (Å²) in [6.45, 7) is 3.85. The summed E-state index contributed by atoms with van der Waals surface area (Å²) in [6.07, 6.45) is 4.11. The number of anilines is 1. The maximum atomic E-state index is 13.9. The first-order valence-corrected chi connectivity index (χ1v) is 7.64. The summed E-state index contributed by atoms with van der Waals surface area (Å²) in [4.78, 5) is 12.3. The van der Waals surface area contributed by atoms with Crippen LogP contribution in [0, 0.1) is 5.82 Å². The van der Waals surface area contributed by atoms with Crippen molar-refractivity contribution in [1.82, 2.24) is 5.32 Å². The summed E-state index contributed by atoms with van der Waals surface area (Å²) in [5.74, 6) is -0.660. The number of benzene rings is 1. The first kappa shape index (κ1) is 15.8. The van der Waals surface area contributed by atoms with E-state index in [9.17, 15) is 9.18 Å². The van der Waals surface area contributed by atoms with Gasteiger partial charge in [-0.05, 0) is 37.8 Å². The third kappa shape index (κ3) is 4.43. The minimum Gasteiger partial charge on any atom is -0.382 e. The fourth-order valence-electron chi connectivity index (χ4n) is 2.41. The van der Waals surface area contributed by atoms with Gasteiger partial charge in [0.2, 0.25) is 0 Å². The molecule has 1 aliphatic heterocycles. The van der Waals surface area contributed by atoms with Crippen LogP contribution in [0.15, 0.2) is 18.2 Å². The molecule has 1 saturated heterocycles. The molecule has 0 spiro atoms. The van der Waals surface area contributed by atoms with E-state index in [4.69, 9.17) is 4.74 Å². The molecule has 1 fully saturated rings. The van der Waals surface area contributed by atoms with Gasteiger partial charge in [0.05, 0.1) is 17.4 Å². The van der Waals surface area contributed by atoms with Crippen molar-refractivity contribution in [1.29, 1.82) is 0 Å². The van der Waals surface area contributed by atoms with Crippen molar-refractivity contribution in [2.24, 2.45) is 0 Å². The third-order valence-electron chi connectivity index (χ3n) is 3.57. The Hall–Kier alpha value is -1.62. The summed E-state index contributed by atoms with van der Waals surface area (Å²) >= 11 is 0. The zero-order chi connectivity index (χ0) is 15.1. The van der Waals surface area contributed by atoms with Gasteiger partial charge in [0, 0.05) is 19.7 Å². The van der Waals surface area contributed by atoms with Gasteiger partial charge < -0.3 is 15.4 Å². The Kier molecular flexibility index (Phi) is 5.99. The molecule has 0 saturated carbocycles. The van der Waals surface area contributed by atoms with Crippen molar-refractivity contribution in [3.8, 4) is 0 Å². The van der Waals surface area contributed by atoms with E-state index in [1.807, 2.05) is 6.92 Å². The first-order valence-electron chi connectivity index (χ1n) is 7.64. The van der Waals surface area contributed by atoms with Crippen LogP contribution >= 0.6 is 0 Å². The molecule has 2 N–H and O–H groups in total. The molecule has 5 heteroatoms. The summed E-state index contributed by atoms with van der Waals surface area (Å²) in [5.41, 5.74) is 0.626. The number of nitrogens with one attached hydrogen (secondary N) is 2. The van der Waals surface area contributed by atoms with Crippen molar-refractivity contribution >= 4 is 11.6 Å². The molecular weight excluding hydrogens is 271 g/mol. The highest BCUT2D eigenvalue weighted by Gasteiger charge is 2.18. The zero-order valence-electron chi connectivity index (χ0n) is 12.5. The van der Waals surface area contributed by atoms with Gasteiger partial charge in [0.1, 0.15) is 5.82 Å². The van der Waals surface area contributed by atoms with E-state index in [2.05, 4.69) is 10.6 Å². The minimum absolute atomic E-state index is 0.0725. The maximum absolute atomic E-state index is 13.9. The molecular formula is C16H23FN2O2. The van der Waals surface area contributed by atoms with Crippen LogP contribution in [0.25, 0.3) is 0 Å². The summed E-state index contributed by atoms with van der Waals surface area (Å²) in [5, 5.41) is 5.83. The number of para-hydroxylation sites is 1. The van der Waals surface area contributed by atoms with Gasteiger partial charge in [-0.25, -0.2) is 4.39 Å².